The van der Waals surface area contributed by atoms with E-state index in [2.05, 4.69) is 10.1 Å². The second-order valence-electron chi connectivity index (χ2n) is 8.29. The smallest absolute Gasteiger partial charge is 0.268 e. The Kier molecular flexibility index (Phi) is 5.76. The van der Waals surface area contributed by atoms with Gasteiger partial charge in [-0.15, -0.1) is 0 Å². The van der Waals surface area contributed by atoms with E-state index in [4.69, 9.17) is 20.9 Å². The molecular formula is C24H23ClN4O4. The number of nitrogens with zero attached hydrogens (tertiary/aromatic N) is 4. The van der Waals surface area contributed by atoms with Gasteiger partial charge < -0.3 is 14.2 Å². The van der Waals surface area contributed by atoms with E-state index in [0.717, 1.165) is 18.4 Å². The van der Waals surface area contributed by atoms with Crippen LogP contribution >= 0.6 is 11.6 Å². The van der Waals surface area contributed by atoms with Gasteiger partial charge in [0.1, 0.15) is 12.3 Å². The van der Waals surface area contributed by atoms with Crippen molar-refractivity contribution in [1.29, 1.82) is 0 Å². The van der Waals surface area contributed by atoms with Crippen LogP contribution in [0.3, 0.4) is 0 Å². The molecular weight excluding hydrogens is 444 g/mol. The van der Waals surface area contributed by atoms with E-state index in [1.54, 1.807) is 36.1 Å². The zero-order chi connectivity index (χ0) is 22.9. The summed E-state index contributed by atoms with van der Waals surface area (Å²) in [4.78, 5) is 33.8. The maximum absolute atomic E-state index is 13.2. The van der Waals surface area contributed by atoms with Gasteiger partial charge in [0, 0.05) is 23.7 Å². The van der Waals surface area contributed by atoms with Gasteiger partial charge in [0.25, 0.3) is 5.91 Å². The van der Waals surface area contributed by atoms with Gasteiger partial charge in [-0.2, -0.15) is 4.98 Å². The lowest BCUT2D eigenvalue weighted by molar-refractivity contribution is -0.134. The van der Waals surface area contributed by atoms with Crippen molar-refractivity contribution in [2.24, 2.45) is 0 Å². The number of hydrogen-bond donors (Lipinski definition) is 0. The minimum atomic E-state index is -0.633. The molecule has 2 aromatic carbocycles. The molecule has 0 radical (unpaired) electrons. The topological polar surface area (TPSA) is 88.8 Å². The predicted molar refractivity (Wildman–Crippen MR) is 122 cm³/mol. The van der Waals surface area contributed by atoms with Crippen molar-refractivity contribution in [1.82, 2.24) is 15.0 Å². The molecule has 5 rings (SSSR count). The molecule has 0 aliphatic carbocycles. The van der Waals surface area contributed by atoms with Gasteiger partial charge in [-0.25, -0.2) is 0 Å². The van der Waals surface area contributed by atoms with Crippen molar-refractivity contribution in [3.05, 3.63) is 59.4 Å². The Morgan fingerprint density at radius 1 is 1.18 bits per heavy atom. The average Bonchev–Trinajstić information content (AvgIpc) is 3.33. The van der Waals surface area contributed by atoms with Crippen LogP contribution in [0.5, 0.6) is 5.75 Å². The number of fused-ring (bicyclic) bond motifs is 1. The van der Waals surface area contributed by atoms with E-state index in [1.807, 2.05) is 24.3 Å². The summed E-state index contributed by atoms with van der Waals surface area (Å²) in [5.41, 5.74) is 1.43. The van der Waals surface area contributed by atoms with E-state index in [0.29, 0.717) is 41.3 Å². The Balaban J connectivity index is 1.29. The van der Waals surface area contributed by atoms with Crippen LogP contribution in [0.2, 0.25) is 5.02 Å². The lowest BCUT2D eigenvalue weighted by Crippen LogP contribution is -2.51. The van der Waals surface area contributed by atoms with Crippen LogP contribution in [0.25, 0.3) is 11.4 Å². The molecule has 3 aromatic rings. The zero-order valence-corrected chi connectivity index (χ0v) is 18.9. The molecule has 0 N–H and O–H groups in total. The first-order chi connectivity index (χ1) is 16.0. The van der Waals surface area contributed by atoms with Gasteiger partial charge in [-0.1, -0.05) is 28.9 Å². The third-order valence-electron chi connectivity index (χ3n) is 6.03. The number of carbonyl (C=O) groups is 2. The first kappa shape index (κ1) is 21.5. The van der Waals surface area contributed by atoms with Gasteiger partial charge in [0.15, 0.2) is 6.10 Å². The number of para-hydroxylation sites is 2. The Labute approximate surface area is 196 Å². The van der Waals surface area contributed by atoms with Crippen LogP contribution in [0.4, 0.5) is 5.69 Å². The van der Waals surface area contributed by atoms with Crippen LogP contribution in [0, 0.1) is 0 Å². The highest BCUT2D eigenvalue weighted by Gasteiger charge is 2.35. The maximum atomic E-state index is 13.2. The summed E-state index contributed by atoms with van der Waals surface area (Å²) in [5.74, 6) is 1.22. The van der Waals surface area contributed by atoms with Crippen molar-refractivity contribution in [2.45, 2.75) is 31.8 Å². The number of rotatable bonds is 4. The normalized spacial score (nSPS) is 20.4. The highest BCUT2D eigenvalue weighted by atomic mass is 35.5. The number of piperidine rings is 1. The number of anilines is 1. The van der Waals surface area contributed by atoms with E-state index in [9.17, 15) is 9.59 Å². The molecule has 2 aliphatic rings. The van der Waals surface area contributed by atoms with Gasteiger partial charge in [0.2, 0.25) is 17.6 Å². The summed E-state index contributed by atoms with van der Waals surface area (Å²) in [5, 5.41) is 4.74. The second-order valence-corrected chi connectivity index (χ2v) is 8.73. The molecule has 0 bridgehead atoms. The van der Waals surface area contributed by atoms with E-state index in [1.165, 1.54) is 4.90 Å². The second kappa shape index (κ2) is 8.86. The molecule has 33 heavy (non-hydrogen) atoms. The van der Waals surface area contributed by atoms with Crippen molar-refractivity contribution in [3.63, 3.8) is 0 Å². The minimum Gasteiger partial charge on any atom is -0.479 e. The standard InChI is InChI=1S/C24H23ClN4O4/c1-15-24(31)29(19-6-2-3-7-20(19)32-15)14-21(30)28-12-4-5-17(13-28)23-26-22(27-33-23)16-8-10-18(25)11-9-16/h2-3,6-11,15,17H,4-5,12-14H2,1H3/t15-,17+/m0/s1. The zero-order valence-electron chi connectivity index (χ0n) is 18.1. The molecule has 0 unspecified atom stereocenters. The highest BCUT2D eigenvalue weighted by Crippen LogP contribution is 2.34. The summed E-state index contributed by atoms with van der Waals surface area (Å²) < 4.78 is 11.2. The molecule has 1 saturated heterocycles. The van der Waals surface area contributed by atoms with Crippen molar-refractivity contribution < 1.29 is 18.8 Å². The van der Waals surface area contributed by atoms with Crippen molar-refractivity contribution >= 4 is 29.1 Å². The SMILES string of the molecule is C[C@@H]1Oc2ccccc2N(CC(=O)N2CCC[C@@H](c3nc(-c4ccc(Cl)cc4)no3)C2)C1=O. The van der Waals surface area contributed by atoms with Crippen molar-refractivity contribution in [3.8, 4) is 17.1 Å². The van der Waals surface area contributed by atoms with Crippen LogP contribution in [-0.4, -0.2) is 52.6 Å². The summed E-state index contributed by atoms with van der Waals surface area (Å²) in [6.45, 7) is 2.76. The minimum absolute atomic E-state index is 0.0316. The quantitative estimate of drug-likeness (QED) is 0.579. The summed E-state index contributed by atoms with van der Waals surface area (Å²) in [6, 6.07) is 14.5. The summed E-state index contributed by atoms with van der Waals surface area (Å²) in [6.07, 6.45) is 1.04. The number of halogens is 1. The third kappa shape index (κ3) is 4.30. The monoisotopic (exact) mass is 466 g/mol. The molecule has 0 spiro atoms. The molecule has 0 saturated carbocycles. The first-order valence-corrected chi connectivity index (χ1v) is 11.3. The Morgan fingerprint density at radius 2 is 1.97 bits per heavy atom. The fraction of sp³-hybridized carbons (Fsp3) is 0.333. The number of hydrogen-bond acceptors (Lipinski definition) is 6. The molecule has 2 amide bonds. The first-order valence-electron chi connectivity index (χ1n) is 10.9. The van der Waals surface area contributed by atoms with E-state index < -0.39 is 6.10 Å². The fourth-order valence-electron chi connectivity index (χ4n) is 4.28. The number of amides is 2. The van der Waals surface area contributed by atoms with Crippen LogP contribution in [0.15, 0.2) is 53.1 Å². The average molecular weight is 467 g/mol. The molecule has 8 nitrogen and oxygen atoms in total. The largest absolute Gasteiger partial charge is 0.479 e. The number of ether oxygens (including phenoxy) is 1. The van der Waals surface area contributed by atoms with Gasteiger partial charge >= 0.3 is 0 Å². The number of benzene rings is 2. The van der Waals surface area contributed by atoms with E-state index >= 15 is 0 Å². The third-order valence-corrected chi connectivity index (χ3v) is 6.29. The summed E-state index contributed by atoms with van der Waals surface area (Å²) in [7, 11) is 0. The highest BCUT2D eigenvalue weighted by molar-refractivity contribution is 6.30. The van der Waals surface area contributed by atoms with Gasteiger partial charge in [-0.3, -0.25) is 14.5 Å². The number of aromatic nitrogens is 2. The van der Waals surface area contributed by atoms with Crippen molar-refractivity contribution in [2.75, 3.05) is 24.5 Å². The predicted octanol–water partition coefficient (Wildman–Crippen LogP) is 3.91. The van der Waals surface area contributed by atoms with Gasteiger partial charge in [-0.05, 0) is 56.2 Å². The summed E-state index contributed by atoms with van der Waals surface area (Å²) >= 11 is 5.95. The Morgan fingerprint density at radius 3 is 2.79 bits per heavy atom. The molecule has 170 valence electrons. The van der Waals surface area contributed by atoms with Crippen LogP contribution in [0.1, 0.15) is 31.6 Å². The maximum Gasteiger partial charge on any atom is 0.268 e. The number of likely N-dealkylation sites (tertiary alicyclic amines) is 1. The van der Waals surface area contributed by atoms with E-state index in [-0.39, 0.29) is 24.3 Å². The van der Waals surface area contributed by atoms with Gasteiger partial charge in [0.05, 0.1) is 11.6 Å². The lowest BCUT2D eigenvalue weighted by atomic mass is 9.98. The lowest BCUT2D eigenvalue weighted by Gasteiger charge is -2.36. The molecule has 3 heterocycles. The Hall–Kier alpha value is -3.39. The Bertz CT molecular complexity index is 1180. The fourth-order valence-corrected chi connectivity index (χ4v) is 4.41. The molecule has 1 aromatic heterocycles. The molecule has 1 fully saturated rings. The van der Waals surface area contributed by atoms with Crippen LogP contribution < -0.4 is 9.64 Å². The molecule has 2 aliphatic heterocycles. The van der Waals surface area contributed by atoms with Crippen LogP contribution in [-0.2, 0) is 9.59 Å². The molecule has 2 atom stereocenters. The molecule has 9 heteroatoms. The number of carbonyl (C=O) groups excluding carboxylic acids is 2.